The quantitative estimate of drug-likeness (QED) is 0.649. The van der Waals surface area contributed by atoms with Gasteiger partial charge >= 0.3 is 0 Å². The van der Waals surface area contributed by atoms with Crippen molar-refractivity contribution in [1.82, 2.24) is 0 Å². The second-order valence-corrected chi connectivity index (χ2v) is 6.57. The molecule has 88 valence electrons. The summed E-state index contributed by atoms with van der Waals surface area (Å²) in [5.41, 5.74) is 0.483. The van der Waals surface area contributed by atoms with Crippen molar-refractivity contribution in [2.45, 2.75) is 59.5 Å². The minimum Gasteiger partial charge on any atom is -0.393 e. The van der Waals surface area contributed by atoms with Crippen molar-refractivity contribution in [2.75, 3.05) is 0 Å². The highest BCUT2D eigenvalue weighted by atomic mass is 16.3. The van der Waals surface area contributed by atoms with Gasteiger partial charge < -0.3 is 5.11 Å². The van der Waals surface area contributed by atoms with Crippen LogP contribution in [0.4, 0.5) is 0 Å². The minimum atomic E-state index is -0.0320. The maximum absolute atomic E-state index is 9.95. The van der Waals surface area contributed by atoms with E-state index in [2.05, 4.69) is 27.7 Å². The smallest absolute Gasteiger partial charge is 0.0568 e. The Labute approximate surface area is 94.3 Å². The van der Waals surface area contributed by atoms with E-state index in [4.69, 9.17) is 0 Å². The lowest BCUT2D eigenvalue weighted by molar-refractivity contribution is -0.0767. The first-order valence-electron chi connectivity index (χ1n) is 6.62. The third-order valence-corrected chi connectivity index (χ3v) is 5.73. The summed E-state index contributed by atoms with van der Waals surface area (Å²) < 4.78 is 0. The van der Waals surface area contributed by atoms with E-state index < -0.39 is 0 Å². The molecule has 3 unspecified atom stereocenters. The molecule has 0 aromatic heterocycles. The maximum Gasteiger partial charge on any atom is 0.0568 e. The van der Waals surface area contributed by atoms with Crippen LogP contribution in [0.15, 0.2) is 0 Å². The molecule has 15 heavy (non-hydrogen) atoms. The van der Waals surface area contributed by atoms with Gasteiger partial charge in [-0.3, -0.25) is 0 Å². The largest absolute Gasteiger partial charge is 0.393 e. The third kappa shape index (κ3) is 1.73. The second-order valence-electron chi connectivity index (χ2n) is 6.57. The van der Waals surface area contributed by atoms with E-state index in [1.165, 1.54) is 19.3 Å². The maximum atomic E-state index is 9.95. The zero-order valence-electron chi connectivity index (χ0n) is 10.7. The van der Waals surface area contributed by atoms with Gasteiger partial charge in [-0.2, -0.15) is 0 Å². The highest BCUT2D eigenvalue weighted by Crippen LogP contribution is 2.54. The van der Waals surface area contributed by atoms with Crippen LogP contribution in [0, 0.1) is 29.1 Å². The molecule has 0 spiro atoms. The van der Waals surface area contributed by atoms with Crippen LogP contribution in [0.5, 0.6) is 0 Å². The lowest BCUT2D eigenvalue weighted by Gasteiger charge is -2.53. The van der Waals surface area contributed by atoms with Gasteiger partial charge in [0.05, 0.1) is 6.10 Å². The SMILES string of the molecule is CC1C2CC[C@H](C)C(C)(C)C2CC[C@@H]1O. The van der Waals surface area contributed by atoms with Gasteiger partial charge in [0, 0.05) is 0 Å². The van der Waals surface area contributed by atoms with Crippen molar-refractivity contribution in [2.24, 2.45) is 29.1 Å². The Kier molecular flexibility index (Phi) is 2.87. The highest BCUT2D eigenvalue weighted by Gasteiger charge is 2.48. The molecular weight excluding hydrogens is 184 g/mol. The number of hydrogen-bond acceptors (Lipinski definition) is 1. The lowest BCUT2D eigenvalue weighted by Crippen LogP contribution is -2.48. The Morgan fingerprint density at radius 3 is 2.33 bits per heavy atom. The molecule has 1 N–H and O–H groups in total. The highest BCUT2D eigenvalue weighted by molar-refractivity contribution is 4.97. The van der Waals surface area contributed by atoms with E-state index >= 15 is 0 Å². The van der Waals surface area contributed by atoms with Crippen LogP contribution in [0.1, 0.15) is 53.4 Å². The monoisotopic (exact) mass is 210 g/mol. The Bertz CT molecular complexity index is 233. The van der Waals surface area contributed by atoms with Crippen LogP contribution in [-0.4, -0.2) is 11.2 Å². The zero-order chi connectivity index (χ0) is 11.2. The van der Waals surface area contributed by atoms with Crippen molar-refractivity contribution in [3.63, 3.8) is 0 Å². The van der Waals surface area contributed by atoms with Gasteiger partial charge in [0.15, 0.2) is 0 Å². The number of rotatable bonds is 0. The molecule has 2 rings (SSSR count). The Morgan fingerprint density at radius 2 is 1.67 bits per heavy atom. The van der Waals surface area contributed by atoms with E-state index in [1.54, 1.807) is 0 Å². The predicted molar refractivity (Wildman–Crippen MR) is 63.6 cm³/mol. The van der Waals surface area contributed by atoms with E-state index in [1.807, 2.05) is 0 Å². The van der Waals surface area contributed by atoms with Gasteiger partial charge in [-0.15, -0.1) is 0 Å². The number of hydrogen-bond donors (Lipinski definition) is 1. The molecule has 1 nitrogen and oxygen atoms in total. The molecule has 2 fully saturated rings. The number of fused-ring (bicyclic) bond motifs is 1. The molecule has 0 saturated heterocycles. The molecule has 2 saturated carbocycles. The number of aliphatic hydroxyl groups is 1. The van der Waals surface area contributed by atoms with E-state index in [9.17, 15) is 5.11 Å². The van der Waals surface area contributed by atoms with Gasteiger partial charge in [0.25, 0.3) is 0 Å². The van der Waals surface area contributed by atoms with Gasteiger partial charge in [-0.05, 0) is 54.8 Å². The third-order valence-electron chi connectivity index (χ3n) is 5.73. The topological polar surface area (TPSA) is 20.2 Å². The molecule has 1 heteroatoms. The molecular formula is C14H26O. The molecule has 0 radical (unpaired) electrons. The summed E-state index contributed by atoms with van der Waals surface area (Å²) in [6.07, 6.45) is 4.93. The minimum absolute atomic E-state index is 0.0320. The van der Waals surface area contributed by atoms with Crippen LogP contribution in [0.2, 0.25) is 0 Å². The van der Waals surface area contributed by atoms with E-state index in [-0.39, 0.29) is 6.10 Å². The fourth-order valence-electron chi connectivity index (χ4n) is 4.05. The fourth-order valence-corrected chi connectivity index (χ4v) is 4.05. The fraction of sp³-hybridized carbons (Fsp3) is 1.00. The van der Waals surface area contributed by atoms with Gasteiger partial charge in [-0.25, -0.2) is 0 Å². The average molecular weight is 210 g/mol. The predicted octanol–water partition coefficient (Wildman–Crippen LogP) is 3.47. The molecule has 0 amide bonds. The van der Waals surface area contributed by atoms with Crippen molar-refractivity contribution in [1.29, 1.82) is 0 Å². The van der Waals surface area contributed by atoms with Crippen LogP contribution in [0.3, 0.4) is 0 Å². The Hall–Kier alpha value is -0.0400. The number of aliphatic hydroxyl groups excluding tert-OH is 1. The average Bonchev–Trinajstić information content (AvgIpc) is 2.17. The second kappa shape index (κ2) is 3.76. The van der Waals surface area contributed by atoms with Crippen LogP contribution < -0.4 is 0 Å². The van der Waals surface area contributed by atoms with Crippen molar-refractivity contribution in [3.8, 4) is 0 Å². The summed E-state index contributed by atoms with van der Waals surface area (Å²) in [6, 6.07) is 0. The summed E-state index contributed by atoms with van der Waals surface area (Å²) in [5.74, 6) is 3.00. The van der Waals surface area contributed by atoms with Crippen molar-refractivity contribution >= 4 is 0 Å². The van der Waals surface area contributed by atoms with Gasteiger partial charge in [-0.1, -0.05) is 27.7 Å². The Morgan fingerprint density at radius 1 is 1.00 bits per heavy atom. The first-order valence-corrected chi connectivity index (χ1v) is 6.62. The molecule has 0 bridgehead atoms. The van der Waals surface area contributed by atoms with Gasteiger partial charge in [0.1, 0.15) is 0 Å². The summed E-state index contributed by atoms with van der Waals surface area (Å²) in [7, 11) is 0. The zero-order valence-corrected chi connectivity index (χ0v) is 10.7. The van der Waals surface area contributed by atoms with E-state index in [0.29, 0.717) is 11.3 Å². The summed E-state index contributed by atoms with van der Waals surface area (Å²) in [5, 5.41) is 9.95. The molecule has 2 aliphatic rings. The Balaban J connectivity index is 2.20. The van der Waals surface area contributed by atoms with E-state index in [0.717, 1.165) is 24.2 Å². The normalized spacial score (nSPS) is 49.8. The van der Waals surface area contributed by atoms with Crippen LogP contribution in [-0.2, 0) is 0 Å². The van der Waals surface area contributed by atoms with Crippen LogP contribution in [0.25, 0.3) is 0 Å². The summed E-state index contributed by atoms with van der Waals surface area (Å²) in [6.45, 7) is 9.55. The van der Waals surface area contributed by atoms with Crippen LogP contribution >= 0.6 is 0 Å². The molecule has 0 aromatic carbocycles. The molecule has 0 heterocycles. The first-order chi connectivity index (χ1) is 6.94. The molecule has 5 atom stereocenters. The van der Waals surface area contributed by atoms with Gasteiger partial charge in [0.2, 0.25) is 0 Å². The standard InChI is InChI=1S/C14H26O/c1-9-5-6-11-10(2)13(15)8-7-12(11)14(9,3)4/h9-13,15H,5-8H2,1-4H3/t9-,10?,11?,12?,13-/m0/s1. The van der Waals surface area contributed by atoms with Crippen molar-refractivity contribution < 1.29 is 5.11 Å². The summed E-state index contributed by atoms with van der Waals surface area (Å²) in [4.78, 5) is 0. The molecule has 2 aliphatic carbocycles. The first kappa shape index (κ1) is 11.4. The molecule has 0 aromatic rings. The lowest BCUT2D eigenvalue weighted by atomic mass is 9.52. The summed E-state index contributed by atoms with van der Waals surface area (Å²) >= 11 is 0. The molecule has 0 aliphatic heterocycles. The van der Waals surface area contributed by atoms with Crippen molar-refractivity contribution in [3.05, 3.63) is 0 Å².